The largest absolute Gasteiger partial charge is 0.260 e. The van der Waals surface area contributed by atoms with E-state index in [-0.39, 0.29) is 0 Å². The number of hydrogen-bond donors (Lipinski definition) is 0. The minimum absolute atomic E-state index is 0.447. The van der Waals surface area contributed by atoms with Crippen LogP contribution in [0.5, 0.6) is 0 Å². The lowest BCUT2D eigenvalue weighted by atomic mass is 10.3. The van der Waals surface area contributed by atoms with E-state index in [2.05, 4.69) is 37.9 Å². The van der Waals surface area contributed by atoms with Crippen LogP contribution in [-0.2, 0) is 0 Å². The van der Waals surface area contributed by atoms with E-state index in [1.54, 1.807) is 0 Å². The summed E-state index contributed by atoms with van der Waals surface area (Å²) in [7, 11) is 0. The number of pyridine rings is 1. The highest BCUT2D eigenvalue weighted by molar-refractivity contribution is 8.03. The number of rotatable bonds is 4. The third-order valence-corrected chi connectivity index (χ3v) is 3.53. The van der Waals surface area contributed by atoms with Gasteiger partial charge in [0.05, 0.1) is 5.69 Å². The summed E-state index contributed by atoms with van der Waals surface area (Å²) in [5.41, 5.74) is 1.16. The van der Waals surface area contributed by atoms with Gasteiger partial charge in [0.25, 0.3) is 0 Å². The molecule has 0 aromatic carbocycles. The molecule has 0 amide bonds. The summed E-state index contributed by atoms with van der Waals surface area (Å²) >= 11 is 1.90. The number of hydrogen-bond acceptors (Lipinski definition) is 2. The third-order valence-electron chi connectivity index (χ3n) is 2.10. The lowest BCUT2D eigenvalue weighted by Gasteiger charge is -2.11. The summed E-state index contributed by atoms with van der Waals surface area (Å²) in [6, 6.07) is 6.08. The monoisotopic (exact) mass is 207 g/mol. The number of thioether (sulfide) groups is 1. The molecule has 1 unspecified atom stereocenters. The first-order valence-corrected chi connectivity index (χ1v) is 5.88. The van der Waals surface area contributed by atoms with Crippen molar-refractivity contribution in [1.82, 2.24) is 4.98 Å². The van der Waals surface area contributed by atoms with Gasteiger partial charge in [-0.05, 0) is 37.3 Å². The molecule has 0 aliphatic rings. The van der Waals surface area contributed by atoms with Crippen LogP contribution in [0.2, 0.25) is 0 Å². The Morgan fingerprint density at radius 1 is 1.57 bits per heavy atom. The normalized spacial score (nSPS) is 14.1. The molecule has 0 N–H and O–H groups in total. The van der Waals surface area contributed by atoms with Crippen LogP contribution >= 0.6 is 11.8 Å². The van der Waals surface area contributed by atoms with Gasteiger partial charge < -0.3 is 0 Å². The number of aromatic nitrogens is 1. The molecule has 1 nitrogen and oxygen atoms in total. The van der Waals surface area contributed by atoms with Gasteiger partial charge in [-0.1, -0.05) is 19.1 Å². The van der Waals surface area contributed by atoms with Crippen LogP contribution < -0.4 is 0 Å². The SMILES string of the molecule is C/C=C(/CC)SC(C)c1ccccn1. The molecule has 76 valence electrons. The predicted molar refractivity (Wildman–Crippen MR) is 64.3 cm³/mol. The quantitative estimate of drug-likeness (QED) is 0.734. The maximum atomic E-state index is 4.35. The van der Waals surface area contributed by atoms with E-state index in [1.807, 2.05) is 30.1 Å². The first-order valence-electron chi connectivity index (χ1n) is 5.00. The van der Waals surface area contributed by atoms with Gasteiger partial charge in [-0.3, -0.25) is 4.98 Å². The Kier molecular flexibility index (Phi) is 4.74. The molecule has 0 saturated carbocycles. The van der Waals surface area contributed by atoms with Crippen molar-refractivity contribution >= 4 is 11.8 Å². The number of nitrogens with zero attached hydrogens (tertiary/aromatic N) is 1. The molecule has 0 fully saturated rings. The second-order valence-corrected chi connectivity index (χ2v) is 4.59. The van der Waals surface area contributed by atoms with Crippen molar-refractivity contribution in [3.63, 3.8) is 0 Å². The molecule has 1 rings (SSSR count). The van der Waals surface area contributed by atoms with E-state index in [1.165, 1.54) is 4.91 Å². The summed E-state index contributed by atoms with van der Waals surface area (Å²) in [6.07, 6.45) is 5.15. The lowest BCUT2D eigenvalue weighted by molar-refractivity contribution is 1.01. The minimum Gasteiger partial charge on any atom is -0.260 e. The summed E-state index contributed by atoms with van der Waals surface area (Å²) in [5, 5.41) is 0.447. The topological polar surface area (TPSA) is 12.9 Å². The molecule has 1 aromatic rings. The second kappa shape index (κ2) is 5.86. The highest BCUT2D eigenvalue weighted by Crippen LogP contribution is 2.34. The fourth-order valence-corrected chi connectivity index (χ4v) is 2.28. The van der Waals surface area contributed by atoms with Crippen molar-refractivity contribution in [3.8, 4) is 0 Å². The highest BCUT2D eigenvalue weighted by atomic mass is 32.2. The summed E-state index contributed by atoms with van der Waals surface area (Å²) in [5.74, 6) is 0. The van der Waals surface area contributed by atoms with Crippen LogP contribution in [-0.4, -0.2) is 4.98 Å². The van der Waals surface area contributed by atoms with E-state index in [9.17, 15) is 0 Å². The molecule has 0 aliphatic carbocycles. The van der Waals surface area contributed by atoms with Crippen LogP contribution in [0.15, 0.2) is 35.4 Å². The van der Waals surface area contributed by atoms with Crippen molar-refractivity contribution < 1.29 is 0 Å². The smallest absolute Gasteiger partial charge is 0.0534 e. The van der Waals surface area contributed by atoms with Crippen LogP contribution in [0, 0.1) is 0 Å². The predicted octanol–water partition coefficient (Wildman–Crippen LogP) is 4.19. The van der Waals surface area contributed by atoms with Crippen molar-refractivity contribution in [2.45, 2.75) is 32.4 Å². The molecule has 0 bridgehead atoms. The van der Waals surface area contributed by atoms with Crippen molar-refractivity contribution in [2.24, 2.45) is 0 Å². The highest BCUT2D eigenvalue weighted by Gasteiger charge is 2.07. The molecule has 1 atom stereocenters. The molecule has 1 aromatic heterocycles. The minimum atomic E-state index is 0.447. The van der Waals surface area contributed by atoms with Gasteiger partial charge in [0.15, 0.2) is 0 Å². The van der Waals surface area contributed by atoms with Crippen LogP contribution in [0.3, 0.4) is 0 Å². The Bertz CT molecular complexity index is 292. The maximum absolute atomic E-state index is 4.35. The molecule has 2 heteroatoms. The summed E-state index contributed by atoms with van der Waals surface area (Å²) < 4.78 is 0. The van der Waals surface area contributed by atoms with Crippen molar-refractivity contribution in [3.05, 3.63) is 41.1 Å². The van der Waals surface area contributed by atoms with Crippen LogP contribution in [0.25, 0.3) is 0 Å². The lowest BCUT2D eigenvalue weighted by Crippen LogP contribution is -1.92. The zero-order chi connectivity index (χ0) is 10.4. The fourth-order valence-electron chi connectivity index (χ4n) is 1.26. The Morgan fingerprint density at radius 3 is 2.86 bits per heavy atom. The van der Waals surface area contributed by atoms with E-state index >= 15 is 0 Å². The van der Waals surface area contributed by atoms with Gasteiger partial charge in [0, 0.05) is 11.4 Å². The molecule has 0 radical (unpaired) electrons. The Labute approximate surface area is 90.6 Å². The Morgan fingerprint density at radius 2 is 2.36 bits per heavy atom. The number of allylic oxidation sites excluding steroid dienone is 2. The van der Waals surface area contributed by atoms with Crippen molar-refractivity contribution in [1.29, 1.82) is 0 Å². The van der Waals surface area contributed by atoms with Gasteiger partial charge in [-0.2, -0.15) is 0 Å². The van der Waals surface area contributed by atoms with Gasteiger partial charge in [0.1, 0.15) is 0 Å². The first-order chi connectivity index (χ1) is 6.77. The molecule has 1 heterocycles. The van der Waals surface area contributed by atoms with Gasteiger partial charge in [0.2, 0.25) is 0 Å². The Hall–Kier alpha value is -0.760. The van der Waals surface area contributed by atoms with E-state index in [4.69, 9.17) is 0 Å². The molecule has 0 spiro atoms. The average Bonchev–Trinajstić information content (AvgIpc) is 2.26. The zero-order valence-corrected chi connectivity index (χ0v) is 9.84. The van der Waals surface area contributed by atoms with Crippen LogP contribution in [0.1, 0.15) is 38.1 Å². The molecule has 0 saturated heterocycles. The van der Waals surface area contributed by atoms with Crippen LogP contribution in [0.4, 0.5) is 0 Å². The standard InChI is InChI=1S/C12H17NS/c1-4-11(5-2)14-10(3)12-8-6-7-9-13-12/h4,6-10H,5H2,1-3H3/b11-4-. The zero-order valence-electron chi connectivity index (χ0n) is 9.03. The molecule has 14 heavy (non-hydrogen) atoms. The summed E-state index contributed by atoms with van der Waals surface area (Å²) in [4.78, 5) is 5.79. The first kappa shape index (κ1) is 11.3. The molecular formula is C12H17NS. The Balaban J connectivity index is 2.63. The molecule has 0 aliphatic heterocycles. The fraction of sp³-hybridized carbons (Fsp3) is 0.417. The van der Waals surface area contributed by atoms with E-state index < -0.39 is 0 Å². The van der Waals surface area contributed by atoms with Crippen molar-refractivity contribution in [2.75, 3.05) is 0 Å². The third kappa shape index (κ3) is 3.18. The maximum Gasteiger partial charge on any atom is 0.0534 e. The van der Waals surface area contributed by atoms with E-state index in [0.29, 0.717) is 5.25 Å². The van der Waals surface area contributed by atoms with Gasteiger partial charge in [-0.15, -0.1) is 11.8 Å². The second-order valence-electron chi connectivity index (χ2n) is 3.12. The summed E-state index contributed by atoms with van der Waals surface area (Å²) in [6.45, 7) is 6.48. The van der Waals surface area contributed by atoms with Gasteiger partial charge in [-0.25, -0.2) is 0 Å². The van der Waals surface area contributed by atoms with E-state index in [0.717, 1.165) is 12.1 Å². The average molecular weight is 207 g/mol. The molecular weight excluding hydrogens is 190 g/mol. The van der Waals surface area contributed by atoms with Gasteiger partial charge >= 0.3 is 0 Å².